The smallest absolute Gasteiger partial charge is 0.273 e. The zero-order valence-electron chi connectivity index (χ0n) is 14.4. The number of fused-ring (bicyclic) bond motifs is 1. The fourth-order valence-electron chi connectivity index (χ4n) is 2.49. The Labute approximate surface area is 150 Å². The van der Waals surface area contributed by atoms with Crippen LogP contribution in [0, 0.1) is 6.92 Å². The zero-order valence-corrected chi connectivity index (χ0v) is 14.4. The van der Waals surface area contributed by atoms with Crippen LogP contribution < -0.4 is 15.6 Å². The van der Waals surface area contributed by atoms with Crippen LogP contribution in [0.2, 0.25) is 0 Å². The number of benzene rings is 2. The number of carbonyl (C=O) groups is 2. The molecule has 6 nitrogen and oxygen atoms in total. The number of hydrazine groups is 1. The number of methoxy groups -OCH3 is 1. The molecule has 1 aromatic heterocycles. The molecule has 0 atom stereocenters. The molecule has 3 aromatic rings. The van der Waals surface area contributed by atoms with E-state index in [4.69, 9.17) is 9.15 Å². The molecule has 0 spiro atoms. The summed E-state index contributed by atoms with van der Waals surface area (Å²) in [4.78, 5) is 23.8. The second-order valence-corrected chi connectivity index (χ2v) is 5.64. The van der Waals surface area contributed by atoms with Crippen molar-refractivity contribution in [2.75, 3.05) is 7.11 Å². The van der Waals surface area contributed by atoms with E-state index in [1.54, 1.807) is 20.1 Å². The van der Waals surface area contributed by atoms with Gasteiger partial charge in [0.1, 0.15) is 11.5 Å². The largest absolute Gasteiger partial charge is 0.497 e. The van der Waals surface area contributed by atoms with Crippen LogP contribution in [-0.2, 0) is 4.79 Å². The molecule has 0 radical (unpaired) electrons. The molecule has 0 saturated carbocycles. The number of hydrogen-bond donors (Lipinski definition) is 2. The minimum Gasteiger partial charge on any atom is -0.497 e. The van der Waals surface area contributed by atoms with E-state index >= 15 is 0 Å². The predicted molar refractivity (Wildman–Crippen MR) is 98.6 cm³/mol. The number of furan rings is 1. The normalized spacial score (nSPS) is 10.8. The summed E-state index contributed by atoms with van der Waals surface area (Å²) in [5, 5.41) is 2.09. The molecule has 3 rings (SSSR count). The molecule has 26 heavy (non-hydrogen) atoms. The lowest BCUT2D eigenvalue weighted by molar-refractivity contribution is -0.117. The van der Waals surface area contributed by atoms with Crippen LogP contribution in [0.4, 0.5) is 0 Å². The summed E-state index contributed by atoms with van der Waals surface area (Å²) in [6, 6.07) is 13.2. The van der Waals surface area contributed by atoms with Crippen molar-refractivity contribution in [3.8, 4) is 5.75 Å². The second kappa shape index (κ2) is 7.57. The molecule has 0 saturated heterocycles. The molecule has 6 heteroatoms. The van der Waals surface area contributed by atoms with E-state index in [2.05, 4.69) is 10.9 Å². The van der Waals surface area contributed by atoms with Gasteiger partial charge >= 0.3 is 0 Å². The first-order chi connectivity index (χ1) is 12.6. The minimum absolute atomic E-state index is 0.374. The Bertz CT molecular complexity index is 988. The molecule has 0 aliphatic heterocycles. The van der Waals surface area contributed by atoms with Crippen LogP contribution in [0.3, 0.4) is 0 Å². The molecule has 0 fully saturated rings. The number of hydrogen-bond acceptors (Lipinski definition) is 4. The summed E-state index contributed by atoms with van der Waals surface area (Å²) in [6.45, 7) is 1.67. The van der Waals surface area contributed by atoms with Crippen LogP contribution in [0.5, 0.6) is 5.75 Å². The first kappa shape index (κ1) is 17.3. The van der Waals surface area contributed by atoms with Crippen molar-refractivity contribution in [1.82, 2.24) is 10.9 Å². The number of amides is 2. The average Bonchev–Trinajstić information content (AvgIpc) is 3.09. The van der Waals surface area contributed by atoms with Crippen LogP contribution in [-0.4, -0.2) is 18.9 Å². The molecular weight excluding hydrogens is 332 g/mol. The van der Waals surface area contributed by atoms with Gasteiger partial charge in [-0.1, -0.05) is 18.2 Å². The highest BCUT2D eigenvalue weighted by molar-refractivity contribution is 5.98. The summed E-state index contributed by atoms with van der Waals surface area (Å²) in [5.74, 6) is 0.413. The van der Waals surface area contributed by atoms with Crippen molar-refractivity contribution < 1.29 is 18.7 Å². The maximum atomic E-state index is 11.9. The Balaban J connectivity index is 1.62. The van der Waals surface area contributed by atoms with Gasteiger partial charge in [0.05, 0.1) is 18.9 Å². The van der Waals surface area contributed by atoms with E-state index in [-0.39, 0.29) is 0 Å². The topological polar surface area (TPSA) is 80.6 Å². The quantitative estimate of drug-likeness (QED) is 0.559. The van der Waals surface area contributed by atoms with Crippen molar-refractivity contribution >= 4 is 28.7 Å². The first-order valence-electron chi connectivity index (χ1n) is 7.97. The Morgan fingerprint density at radius 3 is 2.54 bits per heavy atom. The summed E-state index contributed by atoms with van der Waals surface area (Å²) in [7, 11) is 1.63. The summed E-state index contributed by atoms with van der Waals surface area (Å²) < 4.78 is 10.3. The van der Waals surface area contributed by atoms with E-state index in [0.29, 0.717) is 11.3 Å². The van der Waals surface area contributed by atoms with E-state index < -0.39 is 11.8 Å². The summed E-state index contributed by atoms with van der Waals surface area (Å²) >= 11 is 0. The molecule has 1 heterocycles. The molecular formula is C20H18N2O4. The van der Waals surface area contributed by atoms with Crippen molar-refractivity contribution in [2.45, 2.75) is 6.92 Å². The number of ether oxygens (including phenoxy) is 1. The van der Waals surface area contributed by atoms with Gasteiger partial charge in [0.15, 0.2) is 0 Å². The number of aryl methyl sites for hydroxylation is 1. The molecule has 132 valence electrons. The maximum Gasteiger partial charge on any atom is 0.273 e. The van der Waals surface area contributed by atoms with E-state index in [1.807, 2.05) is 36.4 Å². The number of rotatable bonds is 4. The van der Waals surface area contributed by atoms with Crippen LogP contribution in [0.15, 0.2) is 59.2 Å². The fourth-order valence-corrected chi connectivity index (χ4v) is 2.49. The van der Waals surface area contributed by atoms with Crippen LogP contribution >= 0.6 is 0 Å². The predicted octanol–water partition coefficient (Wildman–Crippen LogP) is 3.22. The third kappa shape index (κ3) is 3.92. The minimum atomic E-state index is -0.436. The van der Waals surface area contributed by atoms with Crippen molar-refractivity contribution in [2.24, 2.45) is 0 Å². The molecule has 2 amide bonds. The molecule has 0 aliphatic rings. The third-order valence-electron chi connectivity index (χ3n) is 3.90. The van der Waals surface area contributed by atoms with Crippen molar-refractivity contribution in [3.05, 3.63) is 71.7 Å². The van der Waals surface area contributed by atoms with Crippen LogP contribution in [0.1, 0.15) is 21.7 Å². The van der Waals surface area contributed by atoms with Gasteiger partial charge in [-0.05, 0) is 53.6 Å². The van der Waals surface area contributed by atoms with Gasteiger partial charge in [-0.15, -0.1) is 0 Å². The third-order valence-corrected chi connectivity index (χ3v) is 3.90. The lowest BCUT2D eigenvalue weighted by Gasteiger charge is -2.05. The molecule has 0 unspecified atom stereocenters. The van der Waals surface area contributed by atoms with E-state index in [1.165, 1.54) is 18.4 Å². The van der Waals surface area contributed by atoms with Gasteiger partial charge in [0.2, 0.25) is 0 Å². The lowest BCUT2D eigenvalue weighted by Crippen LogP contribution is -2.40. The van der Waals surface area contributed by atoms with Gasteiger partial charge in [-0.2, -0.15) is 0 Å². The maximum absolute atomic E-state index is 11.9. The van der Waals surface area contributed by atoms with Gasteiger partial charge < -0.3 is 9.15 Å². The standard InChI is InChI=1S/C20H18N2O4/c1-13-18(9-10-26-13)20(24)22-21-19(23)8-4-14-3-5-16-12-17(25-2)7-6-15(16)11-14/h3-12H,1-2H3,(H,21,23)(H,22,24)/b8-4+. The summed E-state index contributed by atoms with van der Waals surface area (Å²) in [5.41, 5.74) is 5.92. The lowest BCUT2D eigenvalue weighted by atomic mass is 10.1. The Morgan fingerprint density at radius 1 is 1.04 bits per heavy atom. The SMILES string of the molecule is COc1ccc2cc(/C=C/C(=O)NNC(=O)c3ccoc3C)ccc2c1. The monoisotopic (exact) mass is 350 g/mol. The highest BCUT2D eigenvalue weighted by atomic mass is 16.5. The Kier molecular flexibility index (Phi) is 5.03. The van der Waals surface area contributed by atoms with E-state index in [0.717, 1.165) is 22.1 Å². The van der Waals surface area contributed by atoms with E-state index in [9.17, 15) is 9.59 Å². The van der Waals surface area contributed by atoms with Crippen molar-refractivity contribution in [1.29, 1.82) is 0 Å². The number of nitrogens with one attached hydrogen (secondary N) is 2. The van der Waals surface area contributed by atoms with Crippen molar-refractivity contribution in [3.63, 3.8) is 0 Å². The zero-order chi connectivity index (χ0) is 18.5. The fraction of sp³-hybridized carbons (Fsp3) is 0.100. The number of carbonyl (C=O) groups excluding carboxylic acids is 2. The molecule has 2 aromatic carbocycles. The molecule has 0 aliphatic carbocycles. The molecule has 0 bridgehead atoms. The van der Waals surface area contributed by atoms with Gasteiger partial charge in [-0.3, -0.25) is 20.4 Å². The van der Waals surface area contributed by atoms with Gasteiger partial charge in [0.25, 0.3) is 11.8 Å². The Hall–Kier alpha value is -3.54. The van der Waals surface area contributed by atoms with Gasteiger partial charge in [0, 0.05) is 6.08 Å². The summed E-state index contributed by atoms with van der Waals surface area (Å²) in [6.07, 6.45) is 4.45. The first-order valence-corrected chi connectivity index (χ1v) is 7.97. The second-order valence-electron chi connectivity index (χ2n) is 5.64. The molecule has 2 N–H and O–H groups in total. The average molecular weight is 350 g/mol. The highest BCUT2D eigenvalue weighted by Crippen LogP contribution is 2.22. The van der Waals surface area contributed by atoms with Gasteiger partial charge in [-0.25, -0.2) is 0 Å². The van der Waals surface area contributed by atoms with Crippen LogP contribution in [0.25, 0.3) is 16.8 Å². The highest BCUT2D eigenvalue weighted by Gasteiger charge is 2.11. The Morgan fingerprint density at radius 2 is 1.81 bits per heavy atom.